The topological polar surface area (TPSA) is 88.5 Å². The summed E-state index contributed by atoms with van der Waals surface area (Å²) >= 11 is 0. The van der Waals surface area contributed by atoms with E-state index in [2.05, 4.69) is 11.8 Å². The number of likely N-dealkylation sites (tertiary alicyclic amines) is 1. The van der Waals surface area contributed by atoms with E-state index in [1.165, 1.54) is 0 Å². The van der Waals surface area contributed by atoms with Crippen molar-refractivity contribution in [3.63, 3.8) is 0 Å². The molecule has 0 aromatic heterocycles. The molecule has 2 atom stereocenters. The molecule has 0 spiro atoms. The van der Waals surface area contributed by atoms with Gasteiger partial charge in [-0.1, -0.05) is 25.5 Å². The van der Waals surface area contributed by atoms with Gasteiger partial charge in [-0.3, -0.25) is 14.5 Å². The fraction of sp³-hybridized carbons (Fsp3) is 0.467. The Morgan fingerprint density at radius 2 is 1.92 bits per heavy atom. The molecular formula is C30H36N2O6. The monoisotopic (exact) mass is 520 g/mol. The molecule has 2 fully saturated rings. The zero-order chi connectivity index (χ0) is 26.6. The zero-order valence-electron chi connectivity index (χ0n) is 22.2. The molecule has 0 aliphatic carbocycles. The predicted octanol–water partition coefficient (Wildman–Crippen LogP) is 3.94. The molecule has 2 saturated heterocycles. The number of aliphatic hydroxyl groups is 1. The minimum absolute atomic E-state index is 0.0589. The summed E-state index contributed by atoms with van der Waals surface area (Å²) in [5, 5.41) is 11.5. The third kappa shape index (κ3) is 5.42. The molecule has 38 heavy (non-hydrogen) atoms. The van der Waals surface area contributed by atoms with Crippen molar-refractivity contribution in [2.45, 2.75) is 45.3 Å². The van der Waals surface area contributed by atoms with Gasteiger partial charge in [0.05, 0.1) is 31.4 Å². The number of rotatable bonds is 9. The number of morpholine rings is 1. The first-order valence-electron chi connectivity index (χ1n) is 13.6. The Hall–Kier alpha value is -3.36. The van der Waals surface area contributed by atoms with Crippen molar-refractivity contribution in [1.29, 1.82) is 0 Å². The number of nitrogens with zero attached hydrogens (tertiary/aromatic N) is 2. The Morgan fingerprint density at radius 1 is 1.11 bits per heavy atom. The van der Waals surface area contributed by atoms with Gasteiger partial charge in [0.25, 0.3) is 11.7 Å². The van der Waals surface area contributed by atoms with E-state index in [1.807, 2.05) is 43.3 Å². The minimum atomic E-state index is -0.714. The highest BCUT2D eigenvalue weighted by Crippen LogP contribution is 2.41. The normalized spacial score (nSPS) is 22.9. The smallest absolute Gasteiger partial charge is 0.295 e. The largest absolute Gasteiger partial charge is 0.507 e. The number of carbonyl (C=O) groups excluding carboxylic acids is 2. The first-order chi connectivity index (χ1) is 18.5. The van der Waals surface area contributed by atoms with Crippen molar-refractivity contribution in [3.8, 4) is 11.5 Å². The predicted molar refractivity (Wildman–Crippen MR) is 143 cm³/mol. The number of carbonyl (C=O) groups is 2. The molecule has 2 unspecified atom stereocenters. The van der Waals surface area contributed by atoms with Crippen LogP contribution in [0, 0.1) is 0 Å². The van der Waals surface area contributed by atoms with Crippen LogP contribution in [-0.4, -0.2) is 78.7 Å². The molecule has 0 saturated carbocycles. The van der Waals surface area contributed by atoms with Crippen LogP contribution < -0.4 is 9.47 Å². The molecule has 8 nitrogen and oxygen atoms in total. The molecule has 1 amide bonds. The summed E-state index contributed by atoms with van der Waals surface area (Å²) in [6.45, 7) is 8.54. The summed E-state index contributed by atoms with van der Waals surface area (Å²) < 4.78 is 17.2. The highest BCUT2D eigenvalue weighted by molar-refractivity contribution is 6.46. The molecule has 202 valence electrons. The van der Waals surface area contributed by atoms with Crippen molar-refractivity contribution < 1.29 is 28.9 Å². The lowest BCUT2D eigenvalue weighted by Gasteiger charge is -2.31. The Labute approximate surface area is 223 Å². The van der Waals surface area contributed by atoms with Gasteiger partial charge < -0.3 is 24.2 Å². The van der Waals surface area contributed by atoms with Crippen LogP contribution in [0.4, 0.5) is 0 Å². The molecule has 0 radical (unpaired) electrons. The van der Waals surface area contributed by atoms with Crippen LogP contribution in [-0.2, 0) is 20.7 Å². The van der Waals surface area contributed by atoms with Gasteiger partial charge in [0, 0.05) is 38.2 Å². The Balaban J connectivity index is 1.51. The number of amides is 1. The number of hydrogen-bond acceptors (Lipinski definition) is 7. The molecule has 5 rings (SSSR count). The molecular weight excluding hydrogens is 484 g/mol. The van der Waals surface area contributed by atoms with Crippen LogP contribution in [0.2, 0.25) is 0 Å². The molecule has 2 aromatic carbocycles. The average molecular weight is 521 g/mol. The number of aliphatic hydroxyl groups excluding tert-OH is 1. The molecule has 1 N–H and O–H groups in total. The van der Waals surface area contributed by atoms with Gasteiger partial charge in [0.1, 0.15) is 23.4 Å². The van der Waals surface area contributed by atoms with E-state index in [1.54, 1.807) is 11.0 Å². The van der Waals surface area contributed by atoms with E-state index in [0.717, 1.165) is 49.2 Å². The lowest BCUT2D eigenvalue weighted by molar-refractivity contribution is -0.140. The van der Waals surface area contributed by atoms with Crippen LogP contribution in [0.15, 0.2) is 48.0 Å². The first-order valence-corrected chi connectivity index (χ1v) is 13.6. The second-order valence-electron chi connectivity index (χ2n) is 10.2. The number of ether oxygens (including phenoxy) is 3. The summed E-state index contributed by atoms with van der Waals surface area (Å²) in [7, 11) is 0. The van der Waals surface area contributed by atoms with Crippen LogP contribution in [0.25, 0.3) is 5.76 Å². The Bertz CT molecular complexity index is 1220. The van der Waals surface area contributed by atoms with E-state index >= 15 is 0 Å². The van der Waals surface area contributed by atoms with Gasteiger partial charge in [-0.25, -0.2) is 0 Å². The van der Waals surface area contributed by atoms with Crippen molar-refractivity contribution in [2.75, 3.05) is 46.0 Å². The van der Waals surface area contributed by atoms with Crippen LogP contribution >= 0.6 is 0 Å². The molecule has 8 heteroatoms. The molecule has 3 heterocycles. The van der Waals surface area contributed by atoms with Gasteiger partial charge in [0.2, 0.25) is 0 Å². The maximum Gasteiger partial charge on any atom is 0.295 e. The molecule has 3 aliphatic rings. The number of ketones is 1. The third-order valence-corrected chi connectivity index (χ3v) is 7.41. The van der Waals surface area contributed by atoms with Crippen molar-refractivity contribution in [2.24, 2.45) is 0 Å². The summed E-state index contributed by atoms with van der Waals surface area (Å²) in [4.78, 5) is 30.6. The SMILES string of the molecule is CCCCOc1cccc(C2C(=C(O)c3ccc4c(c3)CC(C)O4)C(=O)C(=O)N2CCN2CCOCC2)c1. The second-order valence-corrected chi connectivity index (χ2v) is 10.2. The first kappa shape index (κ1) is 26.3. The van der Waals surface area contributed by atoms with Gasteiger partial charge in [0.15, 0.2) is 0 Å². The van der Waals surface area contributed by atoms with E-state index in [-0.39, 0.29) is 17.4 Å². The average Bonchev–Trinajstić information content (AvgIpc) is 3.43. The van der Waals surface area contributed by atoms with Crippen molar-refractivity contribution in [1.82, 2.24) is 9.80 Å². The van der Waals surface area contributed by atoms with Gasteiger partial charge in [-0.05, 0) is 54.8 Å². The molecule has 3 aliphatic heterocycles. The van der Waals surface area contributed by atoms with Crippen molar-refractivity contribution in [3.05, 3.63) is 64.7 Å². The fourth-order valence-electron chi connectivity index (χ4n) is 5.36. The Morgan fingerprint density at radius 3 is 2.71 bits per heavy atom. The van der Waals surface area contributed by atoms with Gasteiger partial charge in [-0.2, -0.15) is 0 Å². The molecule has 0 bridgehead atoms. The van der Waals surface area contributed by atoms with E-state index in [0.29, 0.717) is 44.2 Å². The number of fused-ring (bicyclic) bond motifs is 1. The Kier molecular flexibility index (Phi) is 8.00. The van der Waals surface area contributed by atoms with Gasteiger partial charge >= 0.3 is 0 Å². The summed E-state index contributed by atoms with van der Waals surface area (Å²) in [5.41, 5.74) is 2.33. The number of benzene rings is 2. The number of hydrogen-bond donors (Lipinski definition) is 1. The van der Waals surface area contributed by atoms with Crippen LogP contribution in [0.5, 0.6) is 11.5 Å². The van der Waals surface area contributed by atoms with E-state index in [9.17, 15) is 14.7 Å². The van der Waals surface area contributed by atoms with E-state index < -0.39 is 17.7 Å². The van der Waals surface area contributed by atoms with Crippen LogP contribution in [0.1, 0.15) is 49.4 Å². The lowest BCUT2D eigenvalue weighted by Crippen LogP contribution is -2.42. The minimum Gasteiger partial charge on any atom is -0.507 e. The maximum atomic E-state index is 13.4. The highest BCUT2D eigenvalue weighted by Gasteiger charge is 2.46. The summed E-state index contributed by atoms with van der Waals surface area (Å²) in [6, 6.07) is 12.2. The lowest BCUT2D eigenvalue weighted by atomic mass is 9.94. The summed E-state index contributed by atoms with van der Waals surface area (Å²) in [6.07, 6.45) is 2.74. The third-order valence-electron chi connectivity index (χ3n) is 7.41. The maximum absolute atomic E-state index is 13.4. The van der Waals surface area contributed by atoms with Crippen LogP contribution in [0.3, 0.4) is 0 Å². The van der Waals surface area contributed by atoms with Crippen molar-refractivity contribution >= 4 is 17.4 Å². The fourth-order valence-corrected chi connectivity index (χ4v) is 5.36. The standard InChI is InChI=1S/C30H36N2O6/c1-3-4-14-37-24-7-5-6-21(19-24)27-26(28(33)22-8-9-25-23(18-22)17-20(2)38-25)29(34)30(35)32(27)11-10-31-12-15-36-16-13-31/h5-9,18-20,27,33H,3-4,10-17H2,1-2H3. The second kappa shape index (κ2) is 11.6. The van der Waals surface area contributed by atoms with E-state index in [4.69, 9.17) is 14.2 Å². The number of unbranched alkanes of at least 4 members (excludes halogenated alkanes) is 1. The number of Topliss-reactive ketones (excluding diaryl/α,β-unsaturated/α-hetero) is 1. The quantitative estimate of drug-likeness (QED) is 0.232. The van der Waals surface area contributed by atoms with Gasteiger partial charge in [-0.15, -0.1) is 0 Å². The molecule has 2 aromatic rings. The summed E-state index contributed by atoms with van der Waals surface area (Å²) in [5.74, 6) is 0.0332. The zero-order valence-corrected chi connectivity index (χ0v) is 22.2. The highest BCUT2D eigenvalue weighted by atomic mass is 16.5.